The summed E-state index contributed by atoms with van der Waals surface area (Å²) < 4.78 is 55.9. The summed E-state index contributed by atoms with van der Waals surface area (Å²) in [6.07, 6.45) is 0.998. The molecule has 0 unspecified atom stereocenters. The second-order valence-electron chi connectivity index (χ2n) is 6.85. The van der Waals surface area contributed by atoms with Gasteiger partial charge in [-0.15, -0.1) is 0 Å². The topological polar surface area (TPSA) is 116 Å². The zero-order chi connectivity index (χ0) is 21.7. The number of ether oxygens (including phenoxy) is 1. The Hall–Kier alpha value is -1.73. The summed E-state index contributed by atoms with van der Waals surface area (Å²) in [5.74, 6) is -0.436. The zero-order valence-electron chi connectivity index (χ0n) is 16.9. The Morgan fingerprint density at radius 2 is 1.69 bits per heavy atom. The first-order chi connectivity index (χ1) is 13.5. The van der Waals surface area contributed by atoms with E-state index in [0.717, 1.165) is 28.0 Å². The van der Waals surface area contributed by atoms with Gasteiger partial charge in [0.1, 0.15) is 6.54 Å². The molecule has 0 spiro atoms. The maximum atomic E-state index is 12.3. The molecule has 10 nitrogen and oxygen atoms in total. The maximum absolute atomic E-state index is 12.3. The van der Waals surface area contributed by atoms with Crippen LogP contribution >= 0.6 is 0 Å². The molecule has 29 heavy (non-hydrogen) atoms. The van der Waals surface area contributed by atoms with Gasteiger partial charge >= 0.3 is 0 Å². The first-order valence-electron chi connectivity index (χ1n) is 9.09. The number of carbonyl (C=O) groups is 1. The van der Waals surface area contributed by atoms with E-state index in [1.54, 1.807) is 0 Å². The molecular weight excluding hydrogens is 420 g/mol. The van der Waals surface area contributed by atoms with Gasteiger partial charge in [-0.1, -0.05) is 0 Å². The van der Waals surface area contributed by atoms with Crippen LogP contribution in [-0.2, 0) is 29.6 Å². The molecule has 1 aromatic rings. The first-order valence-corrected chi connectivity index (χ1v) is 12.4. The minimum Gasteiger partial charge on any atom is -0.379 e. The molecule has 1 aliphatic heterocycles. The summed E-state index contributed by atoms with van der Waals surface area (Å²) in [6, 6.07) is 5.38. The van der Waals surface area contributed by atoms with E-state index in [-0.39, 0.29) is 17.1 Å². The lowest BCUT2D eigenvalue weighted by Gasteiger charge is -2.27. The van der Waals surface area contributed by atoms with Crippen LogP contribution in [0.15, 0.2) is 29.2 Å². The van der Waals surface area contributed by atoms with Crippen molar-refractivity contribution in [2.24, 2.45) is 0 Å². The maximum Gasteiger partial charge on any atom is 0.242 e. The Labute approximate surface area is 172 Å². The van der Waals surface area contributed by atoms with E-state index in [1.165, 1.54) is 38.4 Å². The van der Waals surface area contributed by atoms with Crippen LogP contribution in [0.1, 0.15) is 0 Å². The van der Waals surface area contributed by atoms with Crippen LogP contribution in [0.4, 0.5) is 5.69 Å². The van der Waals surface area contributed by atoms with E-state index < -0.39 is 26.0 Å². The minimum absolute atomic E-state index is 0.0367. The van der Waals surface area contributed by atoms with Crippen molar-refractivity contribution in [1.82, 2.24) is 14.5 Å². The monoisotopic (exact) mass is 448 g/mol. The lowest BCUT2D eigenvalue weighted by Crippen LogP contribution is -2.44. The van der Waals surface area contributed by atoms with Crippen LogP contribution in [0.5, 0.6) is 0 Å². The van der Waals surface area contributed by atoms with Crippen molar-refractivity contribution in [1.29, 1.82) is 0 Å². The number of benzene rings is 1. The molecule has 0 aromatic heterocycles. The van der Waals surface area contributed by atoms with Crippen molar-refractivity contribution in [3.8, 4) is 0 Å². The molecule has 1 N–H and O–H groups in total. The quantitative estimate of drug-likeness (QED) is 0.523. The Morgan fingerprint density at radius 1 is 1.10 bits per heavy atom. The second kappa shape index (κ2) is 9.85. The molecule has 0 aliphatic carbocycles. The minimum atomic E-state index is -3.74. The van der Waals surface area contributed by atoms with E-state index >= 15 is 0 Å². The Balaban J connectivity index is 2.03. The van der Waals surface area contributed by atoms with Gasteiger partial charge in [-0.2, -0.15) is 0 Å². The van der Waals surface area contributed by atoms with Crippen molar-refractivity contribution >= 4 is 31.6 Å². The summed E-state index contributed by atoms with van der Waals surface area (Å²) in [5.41, 5.74) is 0.216. The number of carbonyl (C=O) groups excluding carboxylic acids is 1. The molecule has 0 atom stereocenters. The highest BCUT2D eigenvalue weighted by Crippen LogP contribution is 2.21. The zero-order valence-corrected chi connectivity index (χ0v) is 18.5. The lowest BCUT2D eigenvalue weighted by atomic mass is 10.3. The molecule has 2 rings (SSSR count). The van der Waals surface area contributed by atoms with Crippen LogP contribution in [0.25, 0.3) is 0 Å². The molecule has 1 heterocycles. The number of amides is 1. The summed E-state index contributed by atoms with van der Waals surface area (Å²) in [6.45, 7) is 3.59. The smallest absolute Gasteiger partial charge is 0.242 e. The van der Waals surface area contributed by atoms with Crippen molar-refractivity contribution in [3.05, 3.63) is 24.3 Å². The normalized spacial score (nSPS) is 16.0. The summed E-state index contributed by atoms with van der Waals surface area (Å²) in [7, 11) is -4.55. The molecule has 1 aromatic carbocycles. The van der Waals surface area contributed by atoms with E-state index in [4.69, 9.17) is 4.74 Å². The average molecular weight is 449 g/mol. The van der Waals surface area contributed by atoms with E-state index in [0.29, 0.717) is 26.3 Å². The lowest BCUT2D eigenvalue weighted by molar-refractivity contribution is -0.119. The second-order valence-corrected chi connectivity index (χ2v) is 10.9. The van der Waals surface area contributed by atoms with Gasteiger partial charge < -0.3 is 10.1 Å². The molecule has 1 aliphatic rings. The number of sulfonamides is 2. The van der Waals surface area contributed by atoms with Gasteiger partial charge in [-0.05, 0) is 24.3 Å². The SMILES string of the molecule is CN(C)S(=O)(=O)c1ccc(N(CC(=O)NCCN2CCOCC2)S(C)(=O)=O)cc1. The van der Waals surface area contributed by atoms with Gasteiger partial charge in [0, 0.05) is 40.3 Å². The van der Waals surface area contributed by atoms with Crippen LogP contribution in [-0.4, -0.2) is 98.2 Å². The first kappa shape index (κ1) is 23.5. The van der Waals surface area contributed by atoms with E-state index in [2.05, 4.69) is 10.2 Å². The molecule has 1 saturated heterocycles. The van der Waals surface area contributed by atoms with Crippen molar-refractivity contribution in [2.75, 3.05) is 70.6 Å². The Morgan fingerprint density at radius 3 is 2.21 bits per heavy atom. The highest BCUT2D eigenvalue weighted by molar-refractivity contribution is 7.92. The summed E-state index contributed by atoms with van der Waals surface area (Å²) in [4.78, 5) is 14.5. The van der Waals surface area contributed by atoms with Crippen LogP contribution in [0.2, 0.25) is 0 Å². The van der Waals surface area contributed by atoms with Gasteiger partial charge in [0.25, 0.3) is 0 Å². The molecule has 12 heteroatoms. The third-order valence-electron chi connectivity index (χ3n) is 4.44. The van der Waals surface area contributed by atoms with Gasteiger partial charge in [0.05, 0.1) is 30.1 Å². The number of hydrogen-bond acceptors (Lipinski definition) is 7. The van der Waals surface area contributed by atoms with E-state index in [1.807, 2.05) is 0 Å². The molecule has 164 valence electrons. The fraction of sp³-hybridized carbons (Fsp3) is 0.588. The number of morpholine rings is 1. The summed E-state index contributed by atoms with van der Waals surface area (Å²) >= 11 is 0. The number of anilines is 1. The highest BCUT2D eigenvalue weighted by atomic mass is 32.2. The average Bonchev–Trinajstić information content (AvgIpc) is 2.66. The van der Waals surface area contributed by atoms with Crippen LogP contribution in [0, 0.1) is 0 Å². The van der Waals surface area contributed by atoms with E-state index in [9.17, 15) is 21.6 Å². The van der Waals surface area contributed by atoms with Crippen molar-refractivity contribution < 1.29 is 26.4 Å². The van der Waals surface area contributed by atoms with Crippen LogP contribution < -0.4 is 9.62 Å². The molecular formula is C17H28N4O6S2. The molecule has 1 amide bonds. The fourth-order valence-electron chi connectivity index (χ4n) is 2.76. The third kappa shape index (κ3) is 6.64. The predicted molar refractivity (Wildman–Crippen MR) is 110 cm³/mol. The van der Waals surface area contributed by atoms with Crippen molar-refractivity contribution in [3.63, 3.8) is 0 Å². The van der Waals surface area contributed by atoms with Crippen molar-refractivity contribution in [2.45, 2.75) is 4.90 Å². The molecule has 0 saturated carbocycles. The molecule has 1 fully saturated rings. The number of nitrogens with one attached hydrogen (secondary N) is 1. The number of rotatable bonds is 9. The Kier molecular flexibility index (Phi) is 8.00. The molecule has 0 bridgehead atoms. The van der Waals surface area contributed by atoms with Crippen LogP contribution in [0.3, 0.4) is 0 Å². The molecule has 0 radical (unpaired) electrons. The number of hydrogen-bond donors (Lipinski definition) is 1. The number of nitrogens with zero attached hydrogens (tertiary/aromatic N) is 3. The summed E-state index contributed by atoms with van der Waals surface area (Å²) in [5, 5.41) is 2.72. The predicted octanol–water partition coefficient (Wildman–Crippen LogP) is -0.849. The largest absolute Gasteiger partial charge is 0.379 e. The van der Waals surface area contributed by atoms with Gasteiger partial charge in [0.15, 0.2) is 0 Å². The van der Waals surface area contributed by atoms with Gasteiger partial charge in [-0.3, -0.25) is 14.0 Å². The fourth-order valence-corrected chi connectivity index (χ4v) is 4.52. The third-order valence-corrected chi connectivity index (χ3v) is 7.41. The highest BCUT2D eigenvalue weighted by Gasteiger charge is 2.23. The van der Waals surface area contributed by atoms with Gasteiger partial charge in [0.2, 0.25) is 26.0 Å². The van der Waals surface area contributed by atoms with Gasteiger partial charge in [-0.25, -0.2) is 21.1 Å². The Bertz CT molecular complexity index is 894. The standard InChI is InChI=1S/C17H28N4O6S2/c1-19(2)29(25,26)16-6-4-15(5-7-16)21(28(3,23)24)14-17(22)18-8-9-20-10-12-27-13-11-20/h4-7H,8-14H2,1-3H3,(H,18,22).